The average Bonchev–Trinajstić information content (AvgIpc) is 2.28. The highest BCUT2D eigenvalue weighted by molar-refractivity contribution is 7.98. The third-order valence-corrected chi connectivity index (χ3v) is 5.35. The lowest BCUT2D eigenvalue weighted by Gasteiger charge is -2.44. The van der Waals surface area contributed by atoms with E-state index in [1.165, 1.54) is 37.9 Å². The van der Waals surface area contributed by atoms with Gasteiger partial charge in [0.25, 0.3) is 0 Å². The van der Waals surface area contributed by atoms with Crippen LogP contribution in [0.4, 0.5) is 0 Å². The van der Waals surface area contributed by atoms with E-state index in [-0.39, 0.29) is 0 Å². The Hall–Kier alpha value is 0.310. The molecule has 0 amide bonds. The van der Waals surface area contributed by atoms with Gasteiger partial charge in [-0.15, -0.1) is 0 Å². The largest absolute Gasteiger partial charge is 0.317 e. The van der Waals surface area contributed by atoms with E-state index in [1.54, 1.807) is 0 Å². The number of thioether (sulfide) groups is 1. The number of rotatable bonds is 6. The van der Waals surface area contributed by atoms with Crippen LogP contribution in [0, 0.1) is 17.3 Å². The van der Waals surface area contributed by atoms with Gasteiger partial charge in [0.2, 0.25) is 0 Å². The van der Waals surface area contributed by atoms with Crippen LogP contribution in [0.25, 0.3) is 0 Å². The zero-order chi connectivity index (χ0) is 12.9. The van der Waals surface area contributed by atoms with Gasteiger partial charge in [0.1, 0.15) is 0 Å². The SMILES string of the molecule is CNC1CC(C)CCC1C(C)(C)CCCSC. The van der Waals surface area contributed by atoms with Crippen LogP contribution in [0.5, 0.6) is 0 Å². The summed E-state index contributed by atoms with van der Waals surface area (Å²) in [6.07, 6.45) is 9.17. The van der Waals surface area contributed by atoms with Gasteiger partial charge < -0.3 is 5.32 Å². The smallest absolute Gasteiger partial charge is 0.00999 e. The summed E-state index contributed by atoms with van der Waals surface area (Å²) in [5, 5.41) is 3.58. The second-order valence-electron chi connectivity index (χ2n) is 6.50. The molecule has 0 saturated heterocycles. The molecule has 0 aromatic rings. The molecule has 1 fully saturated rings. The predicted molar refractivity (Wildman–Crippen MR) is 80.7 cm³/mol. The normalized spacial score (nSPS) is 30.5. The summed E-state index contributed by atoms with van der Waals surface area (Å²) in [5.74, 6) is 3.09. The molecule has 0 spiro atoms. The van der Waals surface area contributed by atoms with Crippen LogP contribution in [-0.4, -0.2) is 25.1 Å². The molecule has 2 heteroatoms. The number of hydrogen-bond donors (Lipinski definition) is 1. The maximum Gasteiger partial charge on any atom is 0.00999 e. The molecule has 0 aromatic heterocycles. The fourth-order valence-corrected chi connectivity index (χ4v) is 3.93. The van der Waals surface area contributed by atoms with Crippen LogP contribution in [-0.2, 0) is 0 Å². The van der Waals surface area contributed by atoms with Crippen molar-refractivity contribution in [3.05, 3.63) is 0 Å². The summed E-state index contributed by atoms with van der Waals surface area (Å²) in [5.41, 5.74) is 0.504. The quantitative estimate of drug-likeness (QED) is 0.716. The Morgan fingerprint density at radius 2 is 2.00 bits per heavy atom. The third kappa shape index (κ3) is 4.48. The van der Waals surface area contributed by atoms with Gasteiger partial charge in [0.15, 0.2) is 0 Å². The van der Waals surface area contributed by atoms with Crippen LogP contribution in [0.2, 0.25) is 0 Å². The monoisotopic (exact) mass is 257 g/mol. The van der Waals surface area contributed by atoms with Gasteiger partial charge >= 0.3 is 0 Å². The van der Waals surface area contributed by atoms with Crippen LogP contribution in [0.3, 0.4) is 0 Å². The van der Waals surface area contributed by atoms with E-state index in [4.69, 9.17) is 0 Å². The highest BCUT2D eigenvalue weighted by Gasteiger charge is 2.37. The van der Waals surface area contributed by atoms with Crippen molar-refractivity contribution < 1.29 is 0 Å². The first-order valence-electron chi connectivity index (χ1n) is 7.17. The van der Waals surface area contributed by atoms with Gasteiger partial charge in [0.05, 0.1) is 0 Å². The molecule has 1 nitrogen and oxygen atoms in total. The summed E-state index contributed by atoms with van der Waals surface area (Å²) >= 11 is 1.98. The molecule has 3 atom stereocenters. The maximum atomic E-state index is 3.58. The molecule has 0 bridgehead atoms. The first-order valence-corrected chi connectivity index (χ1v) is 8.57. The van der Waals surface area contributed by atoms with Gasteiger partial charge in [-0.3, -0.25) is 0 Å². The minimum Gasteiger partial charge on any atom is -0.317 e. The zero-order valence-corrected chi connectivity index (χ0v) is 13.2. The van der Waals surface area contributed by atoms with Crippen molar-refractivity contribution in [1.29, 1.82) is 0 Å². The van der Waals surface area contributed by atoms with Crippen LogP contribution < -0.4 is 5.32 Å². The molecular formula is C15H31NS. The molecule has 102 valence electrons. The summed E-state index contributed by atoms with van der Waals surface area (Å²) in [7, 11) is 2.15. The second kappa shape index (κ2) is 7.04. The molecule has 17 heavy (non-hydrogen) atoms. The van der Waals surface area contributed by atoms with E-state index in [0.29, 0.717) is 5.41 Å². The van der Waals surface area contributed by atoms with Gasteiger partial charge in [-0.1, -0.05) is 27.2 Å². The minimum atomic E-state index is 0.504. The zero-order valence-electron chi connectivity index (χ0n) is 12.4. The first kappa shape index (κ1) is 15.4. The van der Waals surface area contributed by atoms with Crippen molar-refractivity contribution in [2.75, 3.05) is 19.1 Å². The van der Waals surface area contributed by atoms with Crippen molar-refractivity contribution in [2.24, 2.45) is 17.3 Å². The van der Waals surface area contributed by atoms with Crippen LogP contribution in [0.1, 0.15) is 52.9 Å². The molecule has 3 unspecified atom stereocenters. The van der Waals surface area contributed by atoms with Crippen LogP contribution in [0.15, 0.2) is 0 Å². The molecule has 0 radical (unpaired) electrons. The highest BCUT2D eigenvalue weighted by atomic mass is 32.2. The minimum absolute atomic E-state index is 0.504. The summed E-state index contributed by atoms with van der Waals surface area (Å²) in [4.78, 5) is 0. The molecule has 0 heterocycles. The van der Waals surface area contributed by atoms with E-state index in [1.807, 2.05) is 11.8 Å². The summed E-state index contributed by atoms with van der Waals surface area (Å²) in [6, 6.07) is 0.739. The van der Waals surface area contributed by atoms with E-state index in [0.717, 1.165) is 17.9 Å². The second-order valence-corrected chi connectivity index (χ2v) is 7.49. The standard InChI is InChI=1S/C15H31NS/c1-12-7-8-13(14(11-12)16-4)15(2,3)9-6-10-17-5/h12-14,16H,6-11H2,1-5H3. The molecule has 1 aliphatic rings. The third-order valence-electron chi connectivity index (χ3n) is 4.66. The lowest BCUT2D eigenvalue weighted by atomic mass is 9.65. The molecule has 1 aliphatic carbocycles. The van der Waals surface area contributed by atoms with Gasteiger partial charge in [-0.05, 0) is 62.0 Å². The fourth-order valence-electron chi connectivity index (χ4n) is 3.49. The van der Waals surface area contributed by atoms with E-state index in [2.05, 4.69) is 39.4 Å². The topological polar surface area (TPSA) is 12.0 Å². The van der Waals surface area contributed by atoms with Crippen molar-refractivity contribution in [2.45, 2.75) is 58.9 Å². The summed E-state index contributed by atoms with van der Waals surface area (Å²) in [6.45, 7) is 7.37. The molecule has 1 saturated carbocycles. The Balaban J connectivity index is 2.55. The number of hydrogen-bond acceptors (Lipinski definition) is 2. The lowest BCUT2D eigenvalue weighted by Crippen LogP contribution is -2.45. The fraction of sp³-hybridized carbons (Fsp3) is 1.00. The van der Waals surface area contributed by atoms with Crippen molar-refractivity contribution in [3.63, 3.8) is 0 Å². The van der Waals surface area contributed by atoms with Crippen molar-refractivity contribution in [3.8, 4) is 0 Å². The molecule has 0 aromatic carbocycles. The Labute approximate surface area is 113 Å². The van der Waals surface area contributed by atoms with E-state index >= 15 is 0 Å². The molecule has 0 aliphatic heterocycles. The predicted octanol–water partition coefficient (Wildman–Crippen LogP) is 4.18. The average molecular weight is 257 g/mol. The Morgan fingerprint density at radius 3 is 2.59 bits per heavy atom. The molecule has 1 N–H and O–H groups in total. The Kier molecular flexibility index (Phi) is 6.36. The summed E-state index contributed by atoms with van der Waals surface area (Å²) < 4.78 is 0. The van der Waals surface area contributed by atoms with Gasteiger partial charge in [-0.25, -0.2) is 0 Å². The van der Waals surface area contributed by atoms with Crippen LogP contribution >= 0.6 is 11.8 Å². The Morgan fingerprint density at radius 1 is 1.29 bits per heavy atom. The van der Waals surface area contributed by atoms with Crippen molar-refractivity contribution >= 4 is 11.8 Å². The van der Waals surface area contributed by atoms with Gasteiger partial charge in [-0.2, -0.15) is 11.8 Å². The number of nitrogens with one attached hydrogen (secondary N) is 1. The van der Waals surface area contributed by atoms with Crippen molar-refractivity contribution in [1.82, 2.24) is 5.32 Å². The Bertz CT molecular complexity index is 215. The highest BCUT2D eigenvalue weighted by Crippen LogP contribution is 2.43. The maximum absolute atomic E-state index is 3.58. The first-order chi connectivity index (χ1) is 8.01. The van der Waals surface area contributed by atoms with Gasteiger partial charge in [0, 0.05) is 6.04 Å². The van der Waals surface area contributed by atoms with E-state index in [9.17, 15) is 0 Å². The molecular weight excluding hydrogens is 226 g/mol. The molecule has 1 rings (SSSR count). The van der Waals surface area contributed by atoms with E-state index < -0.39 is 0 Å². The lowest BCUT2D eigenvalue weighted by molar-refractivity contribution is 0.0900.